The number of rotatable bonds is 3. The van der Waals surface area contributed by atoms with Crippen molar-refractivity contribution in [2.45, 2.75) is 31.9 Å². The molecule has 1 aliphatic rings. The van der Waals surface area contributed by atoms with Gasteiger partial charge >= 0.3 is 0 Å². The molecule has 0 amide bonds. The highest BCUT2D eigenvalue weighted by atomic mass is 16.5. The van der Waals surface area contributed by atoms with Crippen LogP contribution in [0.5, 0.6) is 0 Å². The molecular weight excluding hydrogens is 152 g/mol. The Morgan fingerprint density at radius 3 is 2.58 bits per heavy atom. The van der Waals surface area contributed by atoms with Crippen molar-refractivity contribution in [3.8, 4) is 0 Å². The number of piperidine rings is 1. The third kappa shape index (κ3) is 3.09. The first-order valence-corrected chi connectivity index (χ1v) is 4.73. The number of hydrogen-bond acceptors (Lipinski definition) is 3. The van der Waals surface area contributed by atoms with Crippen LogP contribution in [-0.2, 0) is 4.74 Å². The summed E-state index contributed by atoms with van der Waals surface area (Å²) in [6.07, 6.45) is 2.62. The lowest BCUT2D eigenvalue weighted by Gasteiger charge is -2.31. The standard InChI is InChI=1S/C9H20N2O/c1-8(12-2)7-11-5-3-9(10)4-6-11/h8-9H,3-7,10H2,1-2H3. The largest absolute Gasteiger partial charge is 0.380 e. The van der Waals surface area contributed by atoms with Gasteiger partial charge < -0.3 is 15.4 Å². The first-order chi connectivity index (χ1) is 5.72. The first-order valence-electron chi connectivity index (χ1n) is 4.73. The maximum Gasteiger partial charge on any atom is 0.0670 e. The van der Waals surface area contributed by atoms with Gasteiger partial charge in [0.05, 0.1) is 6.10 Å². The molecule has 0 aromatic heterocycles. The van der Waals surface area contributed by atoms with Crippen LogP contribution in [0.15, 0.2) is 0 Å². The van der Waals surface area contributed by atoms with Crippen LogP contribution in [0.4, 0.5) is 0 Å². The van der Waals surface area contributed by atoms with E-state index >= 15 is 0 Å². The van der Waals surface area contributed by atoms with Crippen molar-refractivity contribution in [3.63, 3.8) is 0 Å². The average molecular weight is 172 g/mol. The van der Waals surface area contributed by atoms with Crippen LogP contribution in [-0.4, -0.2) is 43.8 Å². The van der Waals surface area contributed by atoms with Crippen molar-refractivity contribution in [3.05, 3.63) is 0 Å². The zero-order valence-electron chi connectivity index (χ0n) is 8.12. The van der Waals surface area contributed by atoms with E-state index in [1.54, 1.807) is 7.11 Å². The van der Waals surface area contributed by atoms with E-state index in [4.69, 9.17) is 10.5 Å². The summed E-state index contributed by atoms with van der Waals surface area (Å²) in [7, 11) is 1.76. The molecule has 1 fully saturated rings. The fourth-order valence-electron chi connectivity index (χ4n) is 1.57. The maximum atomic E-state index is 5.80. The van der Waals surface area contributed by atoms with Crippen LogP contribution in [0.3, 0.4) is 0 Å². The zero-order valence-corrected chi connectivity index (χ0v) is 8.12. The summed E-state index contributed by atoms with van der Waals surface area (Å²) in [5, 5.41) is 0. The molecule has 1 rings (SSSR count). The number of nitrogens with two attached hydrogens (primary N) is 1. The van der Waals surface area contributed by atoms with E-state index in [9.17, 15) is 0 Å². The third-order valence-corrected chi connectivity index (χ3v) is 2.55. The van der Waals surface area contributed by atoms with E-state index in [0.717, 1.165) is 32.5 Å². The molecular formula is C9H20N2O. The summed E-state index contributed by atoms with van der Waals surface area (Å²) < 4.78 is 5.21. The summed E-state index contributed by atoms with van der Waals surface area (Å²) >= 11 is 0. The molecule has 0 aromatic rings. The van der Waals surface area contributed by atoms with Gasteiger partial charge in [0.1, 0.15) is 0 Å². The number of ether oxygens (including phenoxy) is 1. The number of hydrogen-bond donors (Lipinski definition) is 1. The summed E-state index contributed by atoms with van der Waals surface area (Å²) in [6, 6.07) is 0.430. The molecule has 0 radical (unpaired) electrons. The Morgan fingerprint density at radius 1 is 1.50 bits per heavy atom. The first kappa shape index (κ1) is 9.96. The van der Waals surface area contributed by atoms with Crippen LogP contribution in [0.1, 0.15) is 19.8 Å². The van der Waals surface area contributed by atoms with Gasteiger partial charge in [-0.2, -0.15) is 0 Å². The molecule has 3 heteroatoms. The molecule has 0 spiro atoms. The summed E-state index contributed by atoms with van der Waals surface area (Å²) in [5.41, 5.74) is 5.80. The molecule has 72 valence electrons. The Balaban J connectivity index is 2.17. The van der Waals surface area contributed by atoms with E-state index in [0.29, 0.717) is 12.1 Å². The van der Waals surface area contributed by atoms with Gasteiger partial charge in [0, 0.05) is 19.7 Å². The van der Waals surface area contributed by atoms with Gasteiger partial charge in [-0.15, -0.1) is 0 Å². The highest BCUT2D eigenvalue weighted by Gasteiger charge is 2.17. The van der Waals surface area contributed by atoms with Gasteiger partial charge in [-0.1, -0.05) is 0 Å². The van der Waals surface area contributed by atoms with Crippen LogP contribution < -0.4 is 5.73 Å². The molecule has 1 saturated heterocycles. The van der Waals surface area contributed by atoms with Gasteiger partial charge in [-0.25, -0.2) is 0 Å². The second-order valence-electron chi connectivity index (χ2n) is 3.68. The van der Waals surface area contributed by atoms with Gasteiger partial charge in [0.15, 0.2) is 0 Å². The quantitative estimate of drug-likeness (QED) is 0.671. The lowest BCUT2D eigenvalue weighted by Crippen LogP contribution is -2.42. The van der Waals surface area contributed by atoms with Crippen molar-refractivity contribution in [2.24, 2.45) is 5.73 Å². The van der Waals surface area contributed by atoms with Crippen molar-refractivity contribution in [2.75, 3.05) is 26.7 Å². The van der Waals surface area contributed by atoms with Crippen molar-refractivity contribution < 1.29 is 4.74 Å². The summed E-state index contributed by atoms with van der Waals surface area (Å²) in [6.45, 7) is 5.42. The topological polar surface area (TPSA) is 38.5 Å². The molecule has 1 unspecified atom stereocenters. The molecule has 1 atom stereocenters. The van der Waals surface area contributed by atoms with Crippen LogP contribution in [0.2, 0.25) is 0 Å². The van der Waals surface area contributed by atoms with E-state index in [1.807, 2.05) is 0 Å². The van der Waals surface area contributed by atoms with Crippen molar-refractivity contribution in [1.82, 2.24) is 4.90 Å². The minimum absolute atomic E-state index is 0.347. The molecule has 1 aliphatic heterocycles. The second-order valence-corrected chi connectivity index (χ2v) is 3.68. The van der Waals surface area contributed by atoms with E-state index in [1.165, 1.54) is 0 Å². The minimum Gasteiger partial charge on any atom is -0.380 e. The number of likely N-dealkylation sites (tertiary alicyclic amines) is 1. The van der Waals surface area contributed by atoms with Gasteiger partial charge in [0.25, 0.3) is 0 Å². The maximum absolute atomic E-state index is 5.80. The van der Waals surface area contributed by atoms with Crippen LogP contribution in [0, 0.1) is 0 Å². The minimum atomic E-state index is 0.347. The van der Waals surface area contributed by atoms with Crippen LogP contribution in [0.25, 0.3) is 0 Å². The fraction of sp³-hybridized carbons (Fsp3) is 1.00. The van der Waals surface area contributed by atoms with Crippen molar-refractivity contribution in [1.29, 1.82) is 0 Å². The van der Waals surface area contributed by atoms with E-state index in [2.05, 4.69) is 11.8 Å². The normalized spacial score (nSPS) is 24.2. The lowest BCUT2D eigenvalue weighted by molar-refractivity contribution is 0.0678. The molecule has 2 N–H and O–H groups in total. The SMILES string of the molecule is COC(C)CN1CCC(N)CC1. The predicted molar refractivity (Wildman–Crippen MR) is 50.1 cm³/mol. The van der Waals surface area contributed by atoms with Crippen molar-refractivity contribution >= 4 is 0 Å². The molecule has 12 heavy (non-hydrogen) atoms. The Morgan fingerprint density at radius 2 is 2.08 bits per heavy atom. The molecule has 0 saturated carbocycles. The monoisotopic (exact) mass is 172 g/mol. The summed E-state index contributed by atoms with van der Waals surface area (Å²) in [4.78, 5) is 2.43. The third-order valence-electron chi connectivity index (χ3n) is 2.55. The molecule has 3 nitrogen and oxygen atoms in total. The molecule has 0 aliphatic carbocycles. The highest BCUT2D eigenvalue weighted by Crippen LogP contribution is 2.08. The van der Waals surface area contributed by atoms with E-state index in [-0.39, 0.29) is 0 Å². The highest BCUT2D eigenvalue weighted by molar-refractivity contribution is 4.75. The summed E-state index contributed by atoms with van der Waals surface area (Å²) in [5.74, 6) is 0. The average Bonchev–Trinajstić information content (AvgIpc) is 2.09. The Bertz CT molecular complexity index is 122. The lowest BCUT2D eigenvalue weighted by atomic mass is 10.1. The number of methoxy groups -OCH3 is 1. The van der Waals surface area contributed by atoms with Crippen LogP contribution >= 0.6 is 0 Å². The fourth-order valence-corrected chi connectivity index (χ4v) is 1.57. The number of nitrogens with zero attached hydrogens (tertiary/aromatic N) is 1. The zero-order chi connectivity index (χ0) is 8.97. The smallest absolute Gasteiger partial charge is 0.0670 e. The predicted octanol–water partition coefficient (Wildman–Crippen LogP) is 0.444. The Kier molecular flexibility index (Phi) is 3.98. The van der Waals surface area contributed by atoms with Gasteiger partial charge in [0.2, 0.25) is 0 Å². The Hall–Kier alpha value is -0.120. The molecule has 1 heterocycles. The second kappa shape index (κ2) is 4.80. The van der Waals surface area contributed by atoms with Gasteiger partial charge in [-0.3, -0.25) is 0 Å². The van der Waals surface area contributed by atoms with E-state index < -0.39 is 0 Å². The molecule has 0 bridgehead atoms. The van der Waals surface area contributed by atoms with Gasteiger partial charge in [-0.05, 0) is 32.9 Å². The molecule has 0 aromatic carbocycles. The Labute approximate surface area is 74.9 Å².